The molecule has 0 bridgehead atoms. The van der Waals surface area contributed by atoms with Gasteiger partial charge in [0, 0.05) is 37.1 Å². The summed E-state index contributed by atoms with van der Waals surface area (Å²) in [6, 6.07) is 0.991. The molecular formula is C19H33N3O2. The van der Waals surface area contributed by atoms with Gasteiger partial charge in [-0.3, -0.25) is 14.5 Å². The zero-order chi connectivity index (χ0) is 17.3. The number of nitrogens with zero attached hydrogens (tertiary/aromatic N) is 2. The Morgan fingerprint density at radius 1 is 0.958 bits per heavy atom. The molecule has 1 saturated carbocycles. The molecule has 2 aliphatic heterocycles. The molecule has 5 heteroatoms. The topological polar surface area (TPSA) is 52.7 Å². The molecule has 0 aromatic rings. The van der Waals surface area contributed by atoms with E-state index < -0.39 is 0 Å². The summed E-state index contributed by atoms with van der Waals surface area (Å²) in [4.78, 5) is 29.3. The van der Waals surface area contributed by atoms with Crippen LogP contribution in [0, 0.1) is 11.3 Å². The minimum absolute atomic E-state index is 0.161. The molecule has 2 amide bonds. The highest BCUT2D eigenvalue weighted by Gasteiger charge is 2.35. The van der Waals surface area contributed by atoms with Gasteiger partial charge < -0.3 is 10.2 Å². The first kappa shape index (κ1) is 17.7. The molecular weight excluding hydrogens is 302 g/mol. The van der Waals surface area contributed by atoms with Crippen molar-refractivity contribution in [2.45, 2.75) is 71.4 Å². The van der Waals surface area contributed by atoms with Crippen molar-refractivity contribution < 1.29 is 9.59 Å². The van der Waals surface area contributed by atoms with Crippen LogP contribution in [-0.2, 0) is 9.59 Å². The summed E-state index contributed by atoms with van der Waals surface area (Å²) in [5.41, 5.74) is -0.288. The zero-order valence-electron chi connectivity index (χ0n) is 15.5. The quantitative estimate of drug-likeness (QED) is 0.858. The van der Waals surface area contributed by atoms with Crippen molar-refractivity contribution in [2.75, 3.05) is 26.2 Å². The molecule has 3 fully saturated rings. The van der Waals surface area contributed by atoms with E-state index in [1.165, 1.54) is 0 Å². The normalized spacial score (nSPS) is 27.1. The van der Waals surface area contributed by atoms with Gasteiger partial charge in [-0.25, -0.2) is 0 Å². The number of nitrogens with one attached hydrogen (secondary N) is 1. The van der Waals surface area contributed by atoms with Crippen LogP contribution in [0.4, 0.5) is 0 Å². The van der Waals surface area contributed by atoms with Crippen LogP contribution in [0.3, 0.4) is 0 Å². The van der Waals surface area contributed by atoms with E-state index in [4.69, 9.17) is 0 Å². The lowest BCUT2D eigenvalue weighted by Gasteiger charge is -2.43. The standard InChI is InChI=1S/C19H33N3O2/c1-19(2,3)18(24)21-11-8-16(9-12-21)22-10-4-5-14(13-22)17(23)20-15-6-7-15/h14-16H,4-13H2,1-3H3,(H,20,23)/t14-/m0/s1. The third kappa shape index (κ3) is 4.29. The van der Waals surface area contributed by atoms with E-state index in [1.807, 2.05) is 25.7 Å². The number of carbonyl (C=O) groups excluding carboxylic acids is 2. The molecule has 1 N–H and O–H groups in total. The van der Waals surface area contributed by atoms with Crippen molar-refractivity contribution in [1.29, 1.82) is 0 Å². The summed E-state index contributed by atoms with van der Waals surface area (Å²) in [6.07, 6.45) is 6.53. The van der Waals surface area contributed by atoms with Crippen LogP contribution >= 0.6 is 0 Å². The molecule has 3 rings (SSSR count). The summed E-state index contributed by atoms with van der Waals surface area (Å²) in [7, 11) is 0. The number of rotatable bonds is 3. The highest BCUT2D eigenvalue weighted by atomic mass is 16.2. The number of amides is 2. The van der Waals surface area contributed by atoms with Crippen LogP contribution in [0.1, 0.15) is 59.3 Å². The Labute approximate surface area is 146 Å². The maximum atomic E-state index is 12.4. The fourth-order valence-electron chi connectivity index (χ4n) is 4.01. The Hall–Kier alpha value is -1.10. The van der Waals surface area contributed by atoms with Crippen LogP contribution in [0.25, 0.3) is 0 Å². The smallest absolute Gasteiger partial charge is 0.227 e. The molecule has 5 nitrogen and oxygen atoms in total. The lowest BCUT2D eigenvalue weighted by Crippen LogP contribution is -2.52. The summed E-state index contributed by atoms with van der Waals surface area (Å²) >= 11 is 0. The average molecular weight is 335 g/mol. The molecule has 0 aromatic carbocycles. The molecule has 1 atom stereocenters. The van der Waals surface area contributed by atoms with Gasteiger partial charge in [0.1, 0.15) is 0 Å². The molecule has 2 heterocycles. The van der Waals surface area contributed by atoms with Gasteiger partial charge in [0.2, 0.25) is 11.8 Å². The van der Waals surface area contributed by atoms with E-state index >= 15 is 0 Å². The van der Waals surface area contributed by atoms with E-state index in [-0.39, 0.29) is 23.1 Å². The minimum Gasteiger partial charge on any atom is -0.353 e. The molecule has 0 unspecified atom stereocenters. The third-order valence-electron chi connectivity index (χ3n) is 5.66. The van der Waals surface area contributed by atoms with E-state index in [1.54, 1.807) is 0 Å². The Morgan fingerprint density at radius 2 is 1.62 bits per heavy atom. The van der Waals surface area contributed by atoms with Gasteiger partial charge in [-0.15, -0.1) is 0 Å². The van der Waals surface area contributed by atoms with Crippen molar-refractivity contribution >= 4 is 11.8 Å². The van der Waals surface area contributed by atoms with Gasteiger partial charge >= 0.3 is 0 Å². The van der Waals surface area contributed by atoms with Crippen LogP contribution in [0.2, 0.25) is 0 Å². The number of likely N-dealkylation sites (tertiary alicyclic amines) is 2. The van der Waals surface area contributed by atoms with Crippen molar-refractivity contribution in [3.05, 3.63) is 0 Å². The Morgan fingerprint density at radius 3 is 2.21 bits per heavy atom. The first-order valence-electron chi connectivity index (χ1n) is 9.68. The van der Waals surface area contributed by atoms with Crippen LogP contribution in [0.5, 0.6) is 0 Å². The summed E-state index contributed by atoms with van der Waals surface area (Å²) < 4.78 is 0. The Bertz CT molecular complexity index is 473. The predicted molar refractivity (Wildman–Crippen MR) is 94.5 cm³/mol. The van der Waals surface area contributed by atoms with Gasteiger partial charge in [-0.1, -0.05) is 20.8 Å². The van der Waals surface area contributed by atoms with Gasteiger partial charge in [0.15, 0.2) is 0 Å². The third-order valence-corrected chi connectivity index (χ3v) is 5.66. The largest absolute Gasteiger partial charge is 0.353 e. The van der Waals surface area contributed by atoms with E-state index in [9.17, 15) is 9.59 Å². The van der Waals surface area contributed by atoms with Crippen LogP contribution in [0.15, 0.2) is 0 Å². The predicted octanol–water partition coefficient (Wildman–Crippen LogP) is 2.01. The molecule has 3 aliphatic rings. The van der Waals surface area contributed by atoms with Gasteiger partial charge in [0.05, 0.1) is 5.92 Å². The van der Waals surface area contributed by atoms with E-state index in [2.05, 4.69) is 10.2 Å². The number of piperidine rings is 2. The highest BCUT2D eigenvalue weighted by Crippen LogP contribution is 2.27. The second-order valence-corrected chi connectivity index (χ2v) is 8.89. The first-order valence-corrected chi connectivity index (χ1v) is 9.68. The van der Waals surface area contributed by atoms with Gasteiger partial charge in [-0.2, -0.15) is 0 Å². The molecule has 136 valence electrons. The first-order chi connectivity index (χ1) is 11.3. The Balaban J connectivity index is 1.48. The van der Waals surface area contributed by atoms with Gasteiger partial charge in [-0.05, 0) is 45.1 Å². The van der Waals surface area contributed by atoms with Crippen molar-refractivity contribution in [1.82, 2.24) is 15.1 Å². The van der Waals surface area contributed by atoms with Crippen molar-refractivity contribution in [3.8, 4) is 0 Å². The molecule has 0 aromatic heterocycles. The van der Waals surface area contributed by atoms with Gasteiger partial charge in [0.25, 0.3) is 0 Å². The summed E-state index contributed by atoms with van der Waals surface area (Å²) in [5, 5.41) is 3.17. The fraction of sp³-hybridized carbons (Fsp3) is 0.895. The van der Waals surface area contributed by atoms with E-state index in [0.29, 0.717) is 12.1 Å². The second kappa shape index (κ2) is 7.03. The zero-order valence-corrected chi connectivity index (χ0v) is 15.5. The molecule has 2 saturated heterocycles. The lowest BCUT2D eigenvalue weighted by atomic mass is 9.91. The second-order valence-electron chi connectivity index (χ2n) is 8.89. The molecule has 1 aliphatic carbocycles. The SMILES string of the molecule is CC(C)(C)C(=O)N1CCC(N2CCC[C@H](C(=O)NC3CC3)C2)CC1. The van der Waals surface area contributed by atoms with Crippen molar-refractivity contribution in [3.63, 3.8) is 0 Å². The fourth-order valence-corrected chi connectivity index (χ4v) is 4.01. The van der Waals surface area contributed by atoms with Crippen LogP contribution < -0.4 is 5.32 Å². The minimum atomic E-state index is -0.288. The summed E-state index contributed by atoms with van der Waals surface area (Å²) in [5.74, 6) is 0.692. The monoisotopic (exact) mass is 335 g/mol. The number of carbonyl (C=O) groups is 2. The number of hydrogen-bond acceptors (Lipinski definition) is 3. The van der Waals surface area contributed by atoms with Crippen LogP contribution in [-0.4, -0.2) is 59.9 Å². The Kier molecular flexibility index (Phi) is 5.19. The van der Waals surface area contributed by atoms with Crippen molar-refractivity contribution in [2.24, 2.45) is 11.3 Å². The summed E-state index contributed by atoms with van der Waals surface area (Å²) in [6.45, 7) is 9.70. The molecule has 0 spiro atoms. The lowest BCUT2D eigenvalue weighted by molar-refractivity contribution is -0.141. The molecule has 24 heavy (non-hydrogen) atoms. The molecule has 0 radical (unpaired) electrons. The highest BCUT2D eigenvalue weighted by molar-refractivity contribution is 5.81. The van der Waals surface area contributed by atoms with E-state index in [0.717, 1.165) is 64.7 Å². The maximum Gasteiger partial charge on any atom is 0.227 e. The maximum absolute atomic E-state index is 12.4. The average Bonchev–Trinajstić information content (AvgIpc) is 3.37. The number of hydrogen-bond donors (Lipinski definition) is 1.